The minimum atomic E-state index is -1.08. The summed E-state index contributed by atoms with van der Waals surface area (Å²) in [6.07, 6.45) is -1.08. The van der Waals surface area contributed by atoms with Gasteiger partial charge in [0.15, 0.2) is 6.10 Å². The van der Waals surface area contributed by atoms with Gasteiger partial charge in [-0.05, 0) is 38.1 Å². The van der Waals surface area contributed by atoms with Gasteiger partial charge >= 0.3 is 5.97 Å². The second-order valence-electron chi connectivity index (χ2n) is 5.83. The Morgan fingerprint density at radius 2 is 1.78 bits per heavy atom. The number of hydrogen-bond acceptors (Lipinski definition) is 5. The summed E-state index contributed by atoms with van der Waals surface area (Å²) in [6, 6.07) is 15.3. The Hall–Kier alpha value is -3.66. The summed E-state index contributed by atoms with van der Waals surface area (Å²) >= 11 is 0. The van der Waals surface area contributed by atoms with E-state index in [0.29, 0.717) is 16.8 Å². The molecule has 138 valence electrons. The number of amides is 2. The zero-order chi connectivity index (χ0) is 19.8. The predicted molar refractivity (Wildman–Crippen MR) is 98.9 cm³/mol. The standard InChI is InChI=1S/C20H19N3O4/c1-13-7-9-15(10-8-13)20(26)22-12-18(24)27-14(2)19(25)23-17-6-4-3-5-16(17)11-21/h3-10,14H,12H2,1-2H3,(H,22,26)(H,23,25)/t14-/m1/s1. The highest BCUT2D eigenvalue weighted by Crippen LogP contribution is 2.14. The fourth-order valence-corrected chi connectivity index (χ4v) is 2.18. The summed E-state index contributed by atoms with van der Waals surface area (Å²) in [7, 11) is 0. The lowest BCUT2D eigenvalue weighted by Crippen LogP contribution is -2.35. The Morgan fingerprint density at radius 3 is 2.44 bits per heavy atom. The Kier molecular flexibility index (Phi) is 6.67. The molecule has 0 bridgehead atoms. The highest BCUT2D eigenvalue weighted by molar-refractivity contribution is 5.97. The van der Waals surface area contributed by atoms with Crippen LogP contribution in [-0.4, -0.2) is 30.4 Å². The molecule has 1 atom stereocenters. The quantitative estimate of drug-likeness (QED) is 0.763. The average Bonchev–Trinajstić information content (AvgIpc) is 2.67. The summed E-state index contributed by atoms with van der Waals surface area (Å²) in [4.78, 5) is 35.9. The van der Waals surface area contributed by atoms with E-state index in [4.69, 9.17) is 10.00 Å². The van der Waals surface area contributed by atoms with Gasteiger partial charge in [0.05, 0.1) is 11.3 Å². The van der Waals surface area contributed by atoms with Crippen LogP contribution >= 0.6 is 0 Å². The lowest BCUT2D eigenvalue weighted by atomic mass is 10.1. The van der Waals surface area contributed by atoms with Gasteiger partial charge < -0.3 is 15.4 Å². The number of carbonyl (C=O) groups excluding carboxylic acids is 3. The van der Waals surface area contributed by atoms with Crippen molar-refractivity contribution < 1.29 is 19.1 Å². The van der Waals surface area contributed by atoms with Crippen molar-refractivity contribution in [3.8, 4) is 6.07 Å². The van der Waals surface area contributed by atoms with Crippen LogP contribution in [0.25, 0.3) is 0 Å². The van der Waals surface area contributed by atoms with E-state index >= 15 is 0 Å². The molecule has 0 radical (unpaired) electrons. The van der Waals surface area contributed by atoms with Crippen LogP contribution in [0.4, 0.5) is 5.69 Å². The minimum Gasteiger partial charge on any atom is -0.451 e. The summed E-state index contributed by atoms with van der Waals surface area (Å²) in [5.74, 6) is -1.73. The molecule has 2 aromatic rings. The fourth-order valence-electron chi connectivity index (χ4n) is 2.18. The lowest BCUT2D eigenvalue weighted by Gasteiger charge is -2.14. The van der Waals surface area contributed by atoms with Gasteiger partial charge in [0.25, 0.3) is 11.8 Å². The van der Waals surface area contributed by atoms with Gasteiger partial charge in [-0.3, -0.25) is 14.4 Å². The van der Waals surface area contributed by atoms with Crippen molar-refractivity contribution in [1.29, 1.82) is 5.26 Å². The molecule has 0 spiro atoms. The van der Waals surface area contributed by atoms with Gasteiger partial charge in [0.1, 0.15) is 12.6 Å². The molecule has 0 heterocycles. The van der Waals surface area contributed by atoms with Gasteiger partial charge in [-0.15, -0.1) is 0 Å². The topological polar surface area (TPSA) is 108 Å². The second kappa shape index (κ2) is 9.15. The SMILES string of the molecule is Cc1ccc(C(=O)NCC(=O)O[C@H](C)C(=O)Nc2ccccc2C#N)cc1. The number of aryl methyl sites for hydroxylation is 1. The first kappa shape index (κ1) is 19.7. The molecule has 7 nitrogen and oxygen atoms in total. The number of nitrogens with one attached hydrogen (secondary N) is 2. The molecule has 2 rings (SSSR count). The van der Waals surface area contributed by atoms with Crippen LogP contribution in [-0.2, 0) is 14.3 Å². The molecule has 2 N–H and O–H groups in total. The van der Waals surface area contributed by atoms with Crippen molar-refractivity contribution in [2.24, 2.45) is 0 Å². The smallest absolute Gasteiger partial charge is 0.326 e. The number of nitriles is 1. The van der Waals surface area contributed by atoms with Crippen molar-refractivity contribution in [3.63, 3.8) is 0 Å². The molecule has 7 heteroatoms. The number of anilines is 1. The van der Waals surface area contributed by atoms with E-state index in [0.717, 1.165) is 5.56 Å². The number of benzene rings is 2. The van der Waals surface area contributed by atoms with E-state index in [1.54, 1.807) is 48.5 Å². The third-order valence-electron chi connectivity index (χ3n) is 3.69. The fraction of sp³-hybridized carbons (Fsp3) is 0.200. The molecule has 2 aromatic carbocycles. The molecular weight excluding hydrogens is 346 g/mol. The first-order valence-electron chi connectivity index (χ1n) is 8.25. The third kappa shape index (κ3) is 5.68. The number of para-hydroxylation sites is 1. The Labute approximate surface area is 156 Å². The molecule has 0 fully saturated rings. The monoisotopic (exact) mass is 365 g/mol. The van der Waals surface area contributed by atoms with Crippen LogP contribution in [0.15, 0.2) is 48.5 Å². The molecule has 0 aliphatic rings. The van der Waals surface area contributed by atoms with Crippen molar-refractivity contribution in [2.45, 2.75) is 20.0 Å². The predicted octanol–water partition coefficient (Wildman–Crippen LogP) is 2.17. The molecule has 27 heavy (non-hydrogen) atoms. The molecule has 0 aliphatic heterocycles. The minimum absolute atomic E-state index is 0.301. The zero-order valence-corrected chi connectivity index (χ0v) is 15.0. The van der Waals surface area contributed by atoms with Crippen molar-refractivity contribution >= 4 is 23.5 Å². The Balaban J connectivity index is 1.84. The molecule has 0 unspecified atom stereocenters. The Morgan fingerprint density at radius 1 is 1.11 bits per heavy atom. The van der Waals surface area contributed by atoms with Crippen LogP contribution in [0.5, 0.6) is 0 Å². The van der Waals surface area contributed by atoms with Crippen LogP contribution in [0, 0.1) is 18.3 Å². The maximum absolute atomic E-state index is 12.1. The normalized spacial score (nSPS) is 11.0. The van der Waals surface area contributed by atoms with E-state index in [1.807, 2.05) is 13.0 Å². The summed E-state index contributed by atoms with van der Waals surface area (Å²) < 4.78 is 5.01. The molecular formula is C20H19N3O4. The summed E-state index contributed by atoms with van der Waals surface area (Å²) in [5, 5.41) is 14.0. The second-order valence-corrected chi connectivity index (χ2v) is 5.83. The van der Waals surface area contributed by atoms with E-state index < -0.39 is 23.9 Å². The summed E-state index contributed by atoms with van der Waals surface area (Å²) in [5.41, 5.74) is 2.08. The zero-order valence-electron chi connectivity index (χ0n) is 15.0. The number of esters is 1. The number of carbonyl (C=O) groups is 3. The number of ether oxygens (including phenoxy) is 1. The number of hydrogen-bond donors (Lipinski definition) is 2. The maximum atomic E-state index is 12.1. The van der Waals surface area contributed by atoms with Crippen molar-refractivity contribution in [3.05, 3.63) is 65.2 Å². The highest BCUT2D eigenvalue weighted by Gasteiger charge is 2.19. The van der Waals surface area contributed by atoms with Gasteiger partial charge in [0.2, 0.25) is 0 Å². The number of nitrogens with zero attached hydrogens (tertiary/aromatic N) is 1. The lowest BCUT2D eigenvalue weighted by molar-refractivity contribution is -0.152. The van der Waals surface area contributed by atoms with E-state index in [1.165, 1.54) is 6.92 Å². The molecule has 0 saturated carbocycles. The largest absolute Gasteiger partial charge is 0.451 e. The third-order valence-corrected chi connectivity index (χ3v) is 3.69. The molecule has 0 saturated heterocycles. The van der Waals surface area contributed by atoms with Crippen LogP contribution in [0.2, 0.25) is 0 Å². The average molecular weight is 365 g/mol. The van der Waals surface area contributed by atoms with Gasteiger partial charge in [-0.25, -0.2) is 0 Å². The van der Waals surface area contributed by atoms with Crippen LogP contribution < -0.4 is 10.6 Å². The van der Waals surface area contributed by atoms with Crippen molar-refractivity contribution in [1.82, 2.24) is 5.32 Å². The summed E-state index contributed by atoms with van der Waals surface area (Å²) in [6.45, 7) is 2.95. The van der Waals surface area contributed by atoms with E-state index in [-0.39, 0.29) is 6.54 Å². The van der Waals surface area contributed by atoms with Crippen molar-refractivity contribution in [2.75, 3.05) is 11.9 Å². The van der Waals surface area contributed by atoms with Crippen LogP contribution in [0.1, 0.15) is 28.4 Å². The number of rotatable bonds is 6. The Bertz CT molecular complexity index is 885. The molecule has 0 aliphatic carbocycles. The van der Waals surface area contributed by atoms with E-state index in [2.05, 4.69) is 10.6 Å². The highest BCUT2D eigenvalue weighted by atomic mass is 16.5. The first-order valence-corrected chi connectivity index (χ1v) is 8.25. The molecule has 2 amide bonds. The van der Waals surface area contributed by atoms with Crippen LogP contribution in [0.3, 0.4) is 0 Å². The van der Waals surface area contributed by atoms with Gasteiger partial charge in [0, 0.05) is 5.56 Å². The van der Waals surface area contributed by atoms with Gasteiger partial charge in [-0.1, -0.05) is 29.8 Å². The molecule has 0 aromatic heterocycles. The van der Waals surface area contributed by atoms with Gasteiger partial charge in [-0.2, -0.15) is 5.26 Å². The van der Waals surface area contributed by atoms with E-state index in [9.17, 15) is 14.4 Å². The first-order chi connectivity index (χ1) is 12.9. The maximum Gasteiger partial charge on any atom is 0.326 e.